The lowest BCUT2D eigenvalue weighted by Crippen LogP contribution is -2.16. The molecule has 0 heterocycles. The van der Waals surface area contributed by atoms with Gasteiger partial charge in [-0.05, 0) is 61.6 Å². The molecule has 3 heteroatoms. The molecule has 2 N–H and O–H groups in total. The fourth-order valence-corrected chi connectivity index (χ4v) is 3.31. The quantitative estimate of drug-likeness (QED) is 0.860. The standard InChI is InChI=1S/C17H19BrFN/c1-10-6-11(2)17(12(3)7-10)16(20)8-13-4-5-14(19)9-15(13)18/h4-7,9,16H,8,20H2,1-3H3. The normalized spacial score (nSPS) is 12.5. The summed E-state index contributed by atoms with van der Waals surface area (Å²) >= 11 is 3.40. The molecule has 20 heavy (non-hydrogen) atoms. The van der Waals surface area contributed by atoms with Gasteiger partial charge in [-0.2, -0.15) is 0 Å². The van der Waals surface area contributed by atoms with E-state index >= 15 is 0 Å². The zero-order valence-corrected chi connectivity index (χ0v) is 13.6. The Morgan fingerprint density at radius 1 is 1.10 bits per heavy atom. The molecule has 0 saturated heterocycles. The van der Waals surface area contributed by atoms with E-state index in [1.807, 2.05) is 0 Å². The molecule has 2 rings (SSSR count). The number of halogens is 2. The van der Waals surface area contributed by atoms with Gasteiger partial charge in [-0.15, -0.1) is 0 Å². The molecular formula is C17H19BrFN. The van der Waals surface area contributed by atoms with Crippen molar-refractivity contribution in [1.82, 2.24) is 0 Å². The highest BCUT2D eigenvalue weighted by Gasteiger charge is 2.14. The summed E-state index contributed by atoms with van der Waals surface area (Å²) in [6.45, 7) is 6.27. The Morgan fingerprint density at radius 3 is 2.25 bits per heavy atom. The number of rotatable bonds is 3. The van der Waals surface area contributed by atoms with Crippen molar-refractivity contribution in [3.05, 3.63) is 68.4 Å². The lowest BCUT2D eigenvalue weighted by Gasteiger charge is -2.19. The van der Waals surface area contributed by atoms with Crippen LogP contribution in [-0.2, 0) is 6.42 Å². The molecule has 1 unspecified atom stereocenters. The first kappa shape index (κ1) is 15.2. The Kier molecular flexibility index (Phi) is 4.61. The average Bonchev–Trinajstić information content (AvgIpc) is 2.31. The monoisotopic (exact) mass is 335 g/mol. The molecule has 0 aliphatic rings. The summed E-state index contributed by atoms with van der Waals surface area (Å²) in [4.78, 5) is 0. The van der Waals surface area contributed by atoms with Crippen LogP contribution < -0.4 is 5.73 Å². The number of hydrogen-bond donors (Lipinski definition) is 1. The van der Waals surface area contributed by atoms with Crippen molar-refractivity contribution in [1.29, 1.82) is 0 Å². The molecular weight excluding hydrogens is 317 g/mol. The summed E-state index contributed by atoms with van der Waals surface area (Å²) in [5, 5.41) is 0. The molecule has 0 saturated carbocycles. The van der Waals surface area contributed by atoms with Crippen LogP contribution in [0.2, 0.25) is 0 Å². The van der Waals surface area contributed by atoms with Gasteiger partial charge in [0.1, 0.15) is 5.82 Å². The van der Waals surface area contributed by atoms with E-state index in [0.29, 0.717) is 6.42 Å². The minimum atomic E-state index is -0.239. The second kappa shape index (κ2) is 6.06. The van der Waals surface area contributed by atoms with Crippen molar-refractivity contribution in [3.8, 4) is 0 Å². The predicted molar refractivity (Wildman–Crippen MR) is 85.4 cm³/mol. The molecule has 1 atom stereocenters. The van der Waals surface area contributed by atoms with E-state index in [9.17, 15) is 4.39 Å². The van der Waals surface area contributed by atoms with Gasteiger partial charge in [-0.3, -0.25) is 0 Å². The van der Waals surface area contributed by atoms with E-state index < -0.39 is 0 Å². The summed E-state index contributed by atoms with van der Waals surface area (Å²) < 4.78 is 13.9. The van der Waals surface area contributed by atoms with Crippen LogP contribution in [-0.4, -0.2) is 0 Å². The fraction of sp³-hybridized carbons (Fsp3) is 0.294. The van der Waals surface area contributed by atoms with Crippen LogP contribution in [0.25, 0.3) is 0 Å². The second-order valence-electron chi connectivity index (χ2n) is 5.36. The Hall–Kier alpha value is -1.19. The van der Waals surface area contributed by atoms with E-state index in [1.54, 1.807) is 6.07 Å². The highest BCUT2D eigenvalue weighted by Crippen LogP contribution is 2.27. The Morgan fingerprint density at radius 2 is 1.70 bits per heavy atom. The van der Waals surface area contributed by atoms with Gasteiger partial charge < -0.3 is 5.73 Å². The molecule has 0 radical (unpaired) electrons. The van der Waals surface area contributed by atoms with Crippen LogP contribution in [0.15, 0.2) is 34.8 Å². The van der Waals surface area contributed by atoms with Crippen molar-refractivity contribution in [2.75, 3.05) is 0 Å². The molecule has 1 nitrogen and oxygen atoms in total. The molecule has 0 spiro atoms. The van der Waals surface area contributed by atoms with Gasteiger partial charge in [0, 0.05) is 10.5 Å². The Balaban J connectivity index is 2.31. The Labute approximate surface area is 128 Å². The van der Waals surface area contributed by atoms with Crippen LogP contribution in [0.5, 0.6) is 0 Å². The maximum absolute atomic E-state index is 13.1. The smallest absolute Gasteiger partial charge is 0.124 e. The van der Waals surface area contributed by atoms with Crippen LogP contribution in [0, 0.1) is 26.6 Å². The summed E-state index contributed by atoms with van der Waals surface area (Å²) in [6.07, 6.45) is 0.686. The van der Waals surface area contributed by atoms with Crippen molar-refractivity contribution in [2.24, 2.45) is 5.73 Å². The first-order chi connectivity index (χ1) is 9.38. The summed E-state index contributed by atoms with van der Waals surface area (Å²) in [7, 11) is 0. The third-order valence-electron chi connectivity index (χ3n) is 3.56. The molecule has 0 aliphatic carbocycles. The summed E-state index contributed by atoms with van der Waals surface area (Å²) in [6, 6.07) is 8.97. The number of nitrogens with two attached hydrogens (primary N) is 1. The number of aryl methyl sites for hydroxylation is 3. The molecule has 2 aromatic rings. The van der Waals surface area contributed by atoms with Crippen LogP contribution in [0.3, 0.4) is 0 Å². The largest absolute Gasteiger partial charge is 0.324 e. The van der Waals surface area contributed by atoms with Gasteiger partial charge in [-0.25, -0.2) is 4.39 Å². The highest BCUT2D eigenvalue weighted by molar-refractivity contribution is 9.10. The summed E-state index contributed by atoms with van der Waals surface area (Å²) in [5.41, 5.74) is 12.3. The third-order valence-corrected chi connectivity index (χ3v) is 4.30. The van der Waals surface area contributed by atoms with Crippen molar-refractivity contribution in [2.45, 2.75) is 33.2 Å². The van der Waals surface area contributed by atoms with Gasteiger partial charge >= 0.3 is 0 Å². The van der Waals surface area contributed by atoms with E-state index in [2.05, 4.69) is 48.8 Å². The van der Waals surface area contributed by atoms with E-state index in [-0.39, 0.29) is 11.9 Å². The maximum atomic E-state index is 13.1. The molecule has 0 aromatic heterocycles. The Bertz CT molecular complexity index is 614. The zero-order chi connectivity index (χ0) is 14.9. The molecule has 0 aliphatic heterocycles. The first-order valence-corrected chi connectivity index (χ1v) is 7.45. The number of benzene rings is 2. The van der Waals surface area contributed by atoms with E-state index in [4.69, 9.17) is 5.73 Å². The van der Waals surface area contributed by atoms with Gasteiger partial charge in [0.25, 0.3) is 0 Å². The average molecular weight is 336 g/mol. The lowest BCUT2D eigenvalue weighted by atomic mass is 9.91. The lowest BCUT2D eigenvalue weighted by molar-refractivity contribution is 0.624. The molecule has 0 bridgehead atoms. The molecule has 0 fully saturated rings. The van der Waals surface area contributed by atoms with Crippen molar-refractivity contribution in [3.63, 3.8) is 0 Å². The summed E-state index contributed by atoms with van der Waals surface area (Å²) in [5.74, 6) is -0.239. The topological polar surface area (TPSA) is 26.0 Å². The first-order valence-electron chi connectivity index (χ1n) is 6.65. The van der Waals surface area contributed by atoms with Gasteiger partial charge in [-0.1, -0.05) is 39.7 Å². The van der Waals surface area contributed by atoms with E-state index in [0.717, 1.165) is 10.0 Å². The van der Waals surface area contributed by atoms with Crippen molar-refractivity contribution < 1.29 is 4.39 Å². The van der Waals surface area contributed by atoms with Gasteiger partial charge in [0.2, 0.25) is 0 Å². The van der Waals surface area contributed by atoms with Gasteiger partial charge in [0.05, 0.1) is 0 Å². The minimum Gasteiger partial charge on any atom is -0.324 e. The third kappa shape index (κ3) is 3.28. The van der Waals surface area contributed by atoms with Crippen LogP contribution in [0.1, 0.15) is 33.9 Å². The molecule has 2 aromatic carbocycles. The predicted octanol–water partition coefficient (Wildman–Crippen LogP) is 4.76. The molecule has 106 valence electrons. The van der Waals surface area contributed by atoms with Gasteiger partial charge in [0.15, 0.2) is 0 Å². The maximum Gasteiger partial charge on any atom is 0.124 e. The zero-order valence-electron chi connectivity index (χ0n) is 12.0. The minimum absolute atomic E-state index is 0.0858. The van der Waals surface area contributed by atoms with Crippen LogP contribution >= 0.6 is 15.9 Å². The SMILES string of the molecule is Cc1cc(C)c(C(N)Cc2ccc(F)cc2Br)c(C)c1. The van der Waals surface area contributed by atoms with Crippen molar-refractivity contribution >= 4 is 15.9 Å². The molecule has 0 amide bonds. The number of hydrogen-bond acceptors (Lipinski definition) is 1. The van der Waals surface area contributed by atoms with Crippen LogP contribution in [0.4, 0.5) is 4.39 Å². The highest BCUT2D eigenvalue weighted by atomic mass is 79.9. The van der Waals surface area contributed by atoms with E-state index in [1.165, 1.54) is 34.4 Å². The second-order valence-corrected chi connectivity index (χ2v) is 6.21. The fourth-order valence-electron chi connectivity index (χ4n) is 2.80.